The highest BCUT2D eigenvalue weighted by molar-refractivity contribution is 5.74. The van der Waals surface area contributed by atoms with Crippen LogP contribution in [0.2, 0.25) is 0 Å². The number of hydrogen-bond donors (Lipinski definition) is 1. The van der Waals surface area contributed by atoms with Crippen LogP contribution in [-0.2, 0) is 20.0 Å². The third-order valence-corrected chi connectivity index (χ3v) is 5.36. The molecule has 1 N–H and O–H groups in total. The van der Waals surface area contributed by atoms with Crippen molar-refractivity contribution in [3.8, 4) is 0 Å². The lowest BCUT2D eigenvalue weighted by Crippen LogP contribution is -2.38. The summed E-state index contributed by atoms with van der Waals surface area (Å²) in [6.45, 7) is 2.23. The van der Waals surface area contributed by atoms with Crippen molar-refractivity contribution in [2.75, 3.05) is 13.1 Å². The molecule has 1 unspecified atom stereocenters. The number of carbonyl (C=O) groups is 1. The van der Waals surface area contributed by atoms with Crippen LogP contribution in [-0.4, -0.2) is 38.8 Å². The van der Waals surface area contributed by atoms with Crippen LogP contribution in [0, 0.1) is 5.92 Å². The van der Waals surface area contributed by atoms with Gasteiger partial charge in [0.25, 0.3) is 0 Å². The van der Waals surface area contributed by atoms with E-state index >= 15 is 0 Å². The van der Waals surface area contributed by atoms with E-state index in [1.54, 1.807) is 0 Å². The molecule has 0 bridgehead atoms. The molecule has 1 saturated heterocycles. The zero-order valence-corrected chi connectivity index (χ0v) is 14.7. The Labute approximate surface area is 148 Å². The topological polar surface area (TPSA) is 63.1 Å². The number of aromatic nitrogens is 3. The quantitative estimate of drug-likeness (QED) is 0.910. The van der Waals surface area contributed by atoms with Crippen molar-refractivity contribution in [1.29, 1.82) is 0 Å². The predicted octanol–water partition coefficient (Wildman–Crippen LogP) is 2.47. The minimum atomic E-state index is 0.0418. The van der Waals surface area contributed by atoms with E-state index in [0.717, 1.165) is 31.6 Å². The van der Waals surface area contributed by atoms with Gasteiger partial charge in [-0.1, -0.05) is 0 Å². The Morgan fingerprint density at radius 3 is 2.84 bits per heavy atom. The summed E-state index contributed by atoms with van der Waals surface area (Å²) < 4.78 is 1.89. The molecule has 2 fully saturated rings. The molecule has 132 valence electrons. The minimum absolute atomic E-state index is 0.0418. The van der Waals surface area contributed by atoms with Gasteiger partial charge < -0.3 is 10.2 Å². The summed E-state index contributed by atoms with van der Waals surface area (Å²) in [6, 6.07) is 4.16. The van der Waals surface area contributed by atoms with Gasteiger partial charge in [-0.15, -0.1) is 0 Å². The number of aryl methyl sites for hydroxylation is 1. The maximum atomic E-state index is 12.5. The average Bonchev–Trinajstić information content (AvgIpc) is 3.25. The van der Waals surface area contributed by atoms with Crippen LogP contribution < -0.4 is 5.32 Å². The fourth-order valence-corrected chi connectivity index (χ4v) is 3.74. The molecule has 0 spiro atoms. The van der Waals surface area contributed by atoms with E-state index in [2.05, 4.69) is 27.5 Å². The third-order valence-electron chi connectivity index (χ3n) is 5.36. The van der Waals surface area contributed by atoms with Crippen LogP contribution in [0.4, 0.5) is 4.79 Å². The fraction of sp³-hybridized carbons (Fsp3) is 0.526. The van der Waals surface area contributed by atoms with Crippen LogP contribution >= 0.6 is 0 Å². The highest BCUT2D eigenvalue weighted by atomic mass is 16.2. The molecule has 0 aromatic carbocycles. The van der Waals surface area contributed by atoms with E-state index in [1.807, 2.05) is 35.2 Å². The Kier molecular flexibility index (Phi) is 4.42. The molecule has 2 aliphatic rings. The molecular weight excluding hydrogens is 314 g/mol. The van der Waals surface area contributed by atoms with Crippen molar-refractivity contribution in [3.63, 3.8) is 0 Å². The molecule has 6 heteroatoms. The number of amides is 2. The molecular formula is C19H25N5O. The Morgan fingerprint density at radius 1 is 1.28 bits per heavy atom. The van der Waals surface area contributed by atoms with E-state index in [0.29, 0.717) is 18.4 Å². The normalized spacial score (nSPS) is 20.0. The lowest BCUT2D eigenvalue weighted by atomic mass is 10.00. The van der Waals surface area contributed by atoms with Gasteiger partial charge in [-0.25, -0.2) is 4.79 Å². The molecule has 2 aromatic heterocycles. The van der Waals surface area contributed by atoms with Gasteiger partial charge in [0.2, 0.25) is 0 Å². The number of carbonyl (C=O) groups excluding carboxylic acids is 1. The molecule has 1 saturated carbocycles. The Bertz CT molecular complexity index is 738. The van der Waals surface area contributed by atoms with Gasteiger partial charge in [-0.05, 0) is 60.8 Å². The second-order valence-corrected chi connectivity index (χ2v) is 7.26. The minimum Gasteiger partial charge on any atom is -0.332 e. The van der Waals surface area contributed by atoms with Crippen molar-refractivity contribution >= 4 is 6.03 Å². The van der Waals surface area contributed by atoms with Gasteiger partial charge in [-0.2, -0.15) is 5.10 Å². The van der Waals surface area contributed by atoms with Gasteiger partial charge in [0.05, 0.1) is 18.4 Å². The van der Waals surface area contributed by atoms with E-state index < -0.39 is 0 Å². The SMILES string of the molecule is Cn1ncc(C2CC2)c1CNC(=O)N1CCC(Cc2ccncc2)C1. The molecule has 4 rings (SSSR count). The molecule has 6 nitrogen and oxygen atoms in total. The molecule has 2 aromatic rings. The highest BCUT2D eigenvalue weighted by Crippen LogP contribution is 2.41. The monoisotopic (exact) mass is 339 g/mol. The summed E-state index contributed by atoms with van der Waals surface area (Å²) in [6.07, 6.45) is 10.2. The van der Waals surface area contributed by atoms with Gasteiger partial charge in [0.15, 0.2) is 0 Å². The molecule has 2 amide bonds. The molecule has 1 aliphatic heterocycles. The second kappa shape index (κ2) is 6.86. The van der Waals surface area contributed by atoms with Crippen LogP contribution in [0.25, 0.3) is 0 Å². The Morgan fingerprint density at radius 2 is 2.08 bits per heavy atom. The number of hydrogen-bond acceptors (Lipinski definition) is 3. The van der Waals surface area contributed by atoms with Crippen LogP contribution in [0.15, 0.2) is 30.7 Å². The van der Waals surface area contributed by atoms with Gasteiger partial charge >= 0.3 is 6.03 Å². The summed E-state index contributed by atoms with van der Waals surface area (Å²) in [7, 11) is 1.95. The van der Waals surface area contributed by atoms with E-state index in [9.17, 15) is 4.79 Å². The number of pyridine rings is 1. The predicted molar refractivity (Wildman–Crippen MR) is 95.0 cm³/mol. The van der Waals surface area contributed by atoms with Crippen molar-refractivity contribution in [1.82, 2.24) is 25.0 Å². The number of nitrogens with one attached hydrogen (secondary N) is 1. The van der Waals surface area contributed by atoms with Crippen molar-refractivity contribution in [2.45, 2.75) is 38.1 Å². The zero-order chi connectivity index (χ0) is 17.2. The van der Waals surface area contributed by atoms with Crippen LogP contribution in [0.1, 0.15) is 42.0 Å². The number of likely N-dealkylation sites (tertiary alicyclic amines) is 1. The Balaban J connectivity index is 1.30. The lowest BCUT2D eigenvalue weighted by molar-refractivity contribution is 0.206. The standard InChI is InChI=1S/C19H25N5O/c1-23-18(17(11-22-23)16-2-3-16)12-21-19(25)24-9-6-15(13-24)10-14-4-7-20-8-5-14/h4-5,7-8,11,15-16H,2-3,6,9-10,12-13H2,1H3,(H,21,25). The van der Waals surface area contributed by atoms with Gasteiger partial charge in [-0.3, -0.25) is 9.67 Å². The molecule has 1 atom stereocenters. The fourth-order valence-electron chi connectivity index (χ4n) is 3.74. The van der Waals surface area contributed by atoms with Crippen molar-refractivity contribution in [3.05, 3.63) is 47.5 Å². The largest absolute Gasteiger partial charge is 0.332 e. The second-order valence-electron chi connectivity index (χ2n) is 7.26. The summed E-state index contributed by atoms with van der Waals surface area (Å²) in [4.78, 5) is 18.5. The summed E-state index contributed by atoms with van der Waals surface area (Å²) in [5.74, 6) is 1.18. The van der Waals surface area contributed by atoms with Gasteiger partial charge in [0, 0.05) is 32.5 Å². The molecule has 0 radical (unpaired) electrons. The first-order valence-electron chi connectivity index (χ1n) is 9.13. The number of rotatable bonds is 5. The average molecular weight is 339 g/mol. The highest BCUT2D eigenvalue weighted by Gasteiger charge is 2.29. The maximum Gasteiger partial charge on any atom is 0.317 e. The zero-order valence-electron chi connectivity index (χ0n) is 14.7. The van der Waals surface area contributed by atoms with Crippen LogP contribution in [0.3, 0.4) is 0 Å². The summed E-state index contributed by atoms with van der Waals surface area (Å²) in [5.41, 5.74) is 3.74. The molecule has 25 heavy (non-hydrogen) atoms. The van der Waals surface area contributed by atoms with E-state index in [-0.39, 0.29) is 6.03 Å². The first kappa shape index (κ1) is 16.1. The number of nitrogens with zero attached hydrogens (tertiary/aromatic N) is 4. The first-order chi connectivity index (χ1) is 12.2. The van der Waals surface area contributed by atoms with Crippen LogP contribution in [0.5, 0.6) is 0 Å². The first-order valence-corrected chi connectivity index (χ1v) is 9.13. The number of urea groups is 1. The Hall–Kier alpha value is -2.37. The lowest BCUT2D eigenvalue weighted by Gasteiger charge is -2.18. The van der Waals surface area contributed by atoms with Crippen molar-refractivity contribution in [2.24, 2.45) is 13.0 Å². The van der Waals surface area contributed by atoms with Crippen molar-refractivity contribution < 1.29 is 4.79 Å². The summed E-state index contributed by atoms with van der Waals surface area (Å²) >= 11 is 0. The maximum absolute atomic E-state index is 12.5. The molecule has 3 heterocycles. The van der Waals surface area contributed by atoms with E-state index in [1.165, 1.54) is 24.0 Å². The third kappa shape index (κ3) is 3.67. The molecule has 1 aliphatic carbocycles. The van der Waals surface area contributed by atoms with E-state index in [4.69, 9.17) is 0 Å². The van der Waals surface area contributed by atoms with Gasteiger partial charge in [0.1, 0.15) is 0 Å². The summed E-state index contributed by atoms with van der Waals surface area (Å²) in [5, 5.41) is 7.45. The smallest absolute Gasteiger partial charge is 0.317 e.